The van der Waals surface area contributed by atoms with E-state index in [0.717, 1.165) is 11.8 Å². The third-order valence-electron chi connectivity index (χ3n) is 5.09. The van der Waals surface area contributed by atoms with Crippen LogP contribution in [0.4, 0.5) is 0 Å². The van der Waals surface area contributed by atoms with Gasteiger partial charge in [-0.25, -0.2) is 0 Å². The number of nitrogens with zero attached hydrogens (tertiary/aromatic N) is 1. The lowest BCUT2D eigenvalue weighted by Crippen LogP contribution is -2.63. The van der Waals surface area contributed by atoms with E-state index >= 15 is 0 Å². The van der Waals surface area contributed by atoms with E-state index in [2.05, 4.69) is 25.7 Å². The first-order chi connectivity index (χ1) is 6.78. The normalized spacial score (nSPS) is 40.1. The molecule has 0 aromatic rings. The largest absolute Gasteiger partial charge is 0.297 e. The van der Waals surface area contributed by atoms with Crippen LogP contribution in [0.1, 0.15) is 52.9 Å². The van der Waals surface area contributed by atoms with Crippen LogP contribution < -0.4 is 0 Å². The lowest BCUT2D eigenvalue weighted by molar-refractivity contribution is -0.0917. The fourth-order valence-electron chi connectivity index (χ4n) is 4.36. The van der Waals surface area contributed by atoms with Crippen LogP contribution in [0.15, 0.2) is 0 Å². The molecule has 1 nitrogen and oxygen atoms in total. The Balaban J connectivity index is 2.27. The molecule has 1 atom stereocenters. The molecule has 0 N–H and O–H groups in total. The number of piperidine rings is 3. The van der Waals surface area contributed by atoms with Crippen molar-refractivity contribution in [3.8, 4) is 0 Å². The summed E-state index contributed by atoms with van der Waals surface area (Å²) in [5, 5.41) is 0. The first kappa shape index (κ1) is 10.5. The van der Waals surface area contributed by atoms with E-state index < -0.39 is 0 Å². The van der Waals surface area contributed by atoms with Crippen molar-refractivity contribution >= 4 is 0 Å². The van der Waals surface area contributed by atoms with Gasteiger partial charge in [0.05, 0.1) is 0 Å². The molecular formula is C13H25N. The smallest absolute Gasteiger partial charge is 0.0235 e. The standard InChI is InChI=1S/C13H25N/c1-4-12-11-7-9-14(10-8-11)13(12,5-2)6-3/h11-12H,4-10H2,1-3H3. The second-order valence-electron chi connectivity index (χ2n) is 5.15. The van der Waals surface area contributed by atoms with Crippen molar-refractivity contribution in [3.63, 3.8) is 0 Å². The Morgan fingerprint density at radius 2 is 1.64 bits per heavy atom. The molecule has 3 saturated heterocycles. The van der Waals surface area contributed by atoms with Crippen LogP contribution in [0.5, 0.6) is 0 Å². The van der Waals surface area contributed by atoms with Crippen molar-refractivity contribution in [1.29, 1.82) is 0 Å². The van der Waals surface area contributed by atoms with Crippen molar-refractivity contribution < 1.29 is 0 Å². The van der Waals surface area contributed by atoms with Gasteiger partial charge in [0, 0.05) is 5.54 Å². The van der Waals surface area contributed by atoms with E-state index in [9.17, 15) is 0 Å². The van der Waals surface area contributed by atoms with Crippen molar-refractivity contribution in [2.45, 2.75) is 58.4 Å². The zero-order chi connectivity index (χ0) is 10.2. The molecule has 1 unspecified atom stereocenters. The molecule has 0 radical (unpaired) electrons. The molecule has 3 heterocycles. The van der Waals surface area contributed by atoms with Gasteiger partial charge in [0.1, 0.15) is 0 Å². The van der Waals surface area contributed by atoms with E-state index in [4.69, 9.17) is 0 Å². The predicted molar refractivity (Wildman–Crippen MR) is 61.4 cm³/mol. The zero-order valence-corrected chi connectivity index (χ0v) is 10.1. The highest BCUT2D eigenvalue weighted by Crippen LogP contribution is 2.48. The first-order valence-electron chi connectivity index (χ1n) is 6.53. The van der Waals surface area contributed by atoms with Crippen molar-refractivity contribution in [2.24, 2.45) is 11.8 Å². The van der Waals surface area contributed by atoms with Crippen LogP contribution in [0.3, 0.4) is 0 Å². The highest BCUT2D eigenvalue weighted by Gasteiger charge is 2.49. The predicted octanol–water partition coefficient (Wildman–Crippen LogP) is 3.30. The van der Waals surface area contributed by atoms with Crippen molar-refractivity contribution in [3.05, 3.63) is 0 Å². The average Bonchev–Trinajstić information content (AvgIpc) is 2.29. The van der Waals surface area contributed by atoms with Gasteiger partial charge in [-0.1, -0.05) is 27.2 Å². The summed E-state index contributed by atoms with van der Waals surface area (Å²) >= 11 is 0. The molecule has 0 saturated carbocycles. The van der Waals surface area contributed by atoms with Crippen LogP contribution in [0, 0.1) is 11.8 Å². The second-order valence-corrected chi connectivity index (χ2v) is 5.15. The quantitative estimate of drug-likeness (QED) is 0.668. The summed E-state index contributed by atoms with van der Waals surface area (Å²) in [6.45, 7) is 9.94. The number of rotatable bonds is 3. The molecule has 0 aromatic carbocycles. The van der Waals surface area contributed by atoms with Gasteiger partial charge < -0.3 is 0 Å². The van der Waals surface area contributed by atoms with Gasteiger partial charge in [-0.15, -0.1) is 0 Å². The maximum Gasteiger partial charge on any atom is 0.0235 e. The molecule has 3 rings (SSSR count). The van der Waals surface area contributed by atoms with Crippen molar-refractivity contribution in [2.75, 3.05) is 13.1 Å². The van der Waals surface area contributed by atoms with Gasteiger partial charge in [-0.05, 0) is 50.6 Å². The third kappa shape index (κ3) is 1.25. The van der Waals surface area contributed by atoms with Gasteiger partial charge >= 0.3 is 0 Å². The Bertz CT molecular complexity index is 187. The minimum absolute atomic E-state index is 0.579. The molecule has 0 aliphatic carbocycles. The summed E-state index contributed by atoms with van der Waals surface area (Å²) in [7, 11) is 0. The number of hydrogen-bond donors (Lipinski definition) is 0. The fraction of sp³-hybridized carbons (Fsp3) is 1.00. The SMILES string of the molecule is CCC1C2CCN(CC2)C1(CC)CC. The Kier molecular flexibility index (Phi) is 2.88. The molecule has 3 fully saturated rings. The topological polar surface area (TPSA) is 3.24 Å². The lowest BCUT2D eigenvalue weighted by Gasteiger charge is -2.59. The summed E-state index contributed by atoms with van der Waals surface area (Å²) in [5.74, 6) is 2.03. The molecule has 0 amide bonds. The third-order valence-corrected chi connectivity index (χ3v) is 5.09. The second kappa shape index (κ2) is 3.84. The van der Waals surface area contributed by atoms with Crippen LogP contribution in [-0.2, 0) is 0 Å². The molecule has 82 valence electrons. The fourth-order valence-corrected chi connectivity index (χ4v) is 4.36. The van der Waals surface area contributed by atoms with E-state index in [0.29, 0.717) is 5.54 Å². The Morgan fingerprint density at radius 1 is 1.07 bits per heavy atom. The summed E-state index contributed by atoms with van der Waals surface area (Å²) in [4.78, 5) is 2.81. The van der Waals surface area contributed by atoms with E-state index in [1.165, 1.54) is 45.2 Å². The van der Waals surface area contributed by atoms with E-state index in [1.54, 1.807) is 0 Å². The van der Waals surface area contributed by atoms with Gasteiger partial charge in [0.25, 0.3) is 0 Å². The average molecular weight is 195 g/mol. The highest BCUT2D eigenvalue weighted by atomic mass is 15.2. The van der Waals surface area contributed by atoms with Crippen molar-refractivity contribution in [1.82, 2.24) is 4.90 Å². The molecule has 2 bridgehead atoms. The number of hydrogen-bond acceptors (Lipinski definition) is 1. The monoisotopic (exact) mass is 195 g/mol. The summed E-state index contributed by atoms with van der Waals surface area (Å²) in [6, 6.07) is 0. The molecule has 0 aromatic heterocycles. The minimum atomic E-state index is 0.579. The summed E-state index contributed by atoms with van der Waals surface area (Å²) < 4.78 is 0. The summed E-state index contributed by atoms with van der Waals surface area (Å²) in [5.41, 5.74) is 0.579. The van der Waals surface area contributed by atoms with E-state index in [-0.39, 0.29) is 0 Å². The lowest BCUT2D eigenvalue weighted by atomic mass is 9.62. The number of fused-ring (bicyclic) bond motifs is 3. The van der Waals surface area contributed by atoms with E-state index in [1.807, 2.05) is 0 Å². The van der Waals surface area contributed by atoms with Crippen LogP contribution in [0.2, 0.25) is 0 Å². The van der Waals surface area contributed by atoms with Gasteiger partial charge in [-0.2, -0.15) is 0 Å². The summed E-state index contributed by atoms with van der Waals surface area (Å²) in [6.07, 6.45) is 7.06. The van der Waals surface area contributed by atoms with Gasteiger partial charge in [-0.3, -0.25) is 4.90 Å². The molecule has 3 aliphatic heterocycles. The Labute approximate surface area is 88.9 Å². The van der Waals surface area contributed by atoms with Crippen LogP contribution in [-0.4, -0.2) is 23.5 Å². The maximum absolute atomic E-state index is 2.81. The van der Waals surface area contributed by atoms with Crippen LogP contribution in [0.25, 0.3) is 0 Å². The molecule has 14 heavy (non-hydrogen) atoms. The highest BCUT2D eigenvalue weighted by molar-refractivity contribution is 5.04. The Hall–Kier alpha value is -0.0400. The molecule has 3 aliphatic rings. The molecule has 0 spiro atoms. The van der Waals surface area contributed by atoms with Gasteiger partial charge in [0.15, 0.2) is 0 Å². The molecule has 1 heteroatoms. The first-order valence-corrected chi connectivity index (χ1v) is 6.53. The molecular weight excluding hydrogens is 170 g/mol. The Morgan fingerprint density at radius 3 is 2.00 bits per heavy atom. The minimum Gasteiger partial charge on any atom is -0.297 e. The van der Waals surface area contributed by atoms with Gasteiger partial charge in [0.2, 0.25) is 0 Å². The van der Waals surface area contributed by atoms with Crippen LogP contribution >= 0.6 is 0 Å². The maximum atomic E-state index is 2.81. The zero-order valence-electron chi connectivity index (χ0n) is 10.1.